The van der Waals surface area contributed by atoms with Crippen molar-refractivity contribution in [2.45, 2.75) is 0 Å². The van der Waals surface area contributed by atoms with Crippen LogP contribution in [0, 0.1) is 10.1 Å². The van der Waals surface area contributed by atoms with E-state index in [2.05, 4.69) is 10.1 Å². The Morgan fingerprint density at radius 1 is 1.59 bits per heavy atom. The van der Waals surface area contributed by atoms with E-state index in [4.69, 9.17) is 0 Å². The van der Waals surface area contributed by atoms with Crippen LogP contribution in [0.5, 0.6) is 0 Å². The van der Waals surface area contributed by atoms with Gasteiger partial charge in [-0.3, -0.25) is 19.7 Å². The predicted molar refractivity (Wildman–Crippen MR) is 59.0 cm³/mol. The van der Waals surface area contributed by atoms with Gasteiger partial charge in [0.15, 0.2) is 6.29 Å². The van der Waals surface area contributed by atoms with E-state index in [0.29, 0.717) is 6.29 Å². The molecular formula is C10H10N2O5. The van der Waals surface area contributed by atoms with Gasteiger partial charge in [0, 0.05) is 24.8 Å². The Kier molecular flexibility index (Phi) is 4.29. The Morgan fingerprint density at radius 2 is 2.29 bits per heavy atom. The lowest BCUT2D eigenvalue weighted by molar-refractivity contribution is -0.384. The van der Waals surface area contributed by atoms with Crippen LogP contribution in [0.2, 0.25) is 0 Å². The fourth-order valence-corrected chi connectivity index (χ4v) is 1.19. The Morgan fingerprint density at radius 3 is 2.82 bits per heavy atom. The number of carbonyl (C=O) groups is 2. The van der Waals surface area contributed by atoms with Gasteiger partial charge in [-0.2, -0.15) is 0 Å². The molecule has 0 fully saturated rings. The molecule has 1 aromatic rings. The average Bonchev–Trinajstić information content (AvgIpc) is 2.29. The zero-order valence-electron chi connectivity index (χ0n) is 9.00. The number of hydrogen-bond donors (Lipinski definition) is 1. The summed E-state index contributed by atoms with van der Waals surface area (Å²) in [6, 6.07) is 3.60. The number of methoxy groups -OCH3 is 1. The second kappa shape index (κ2) is 5.71. The van der Waals surface area contributed by atoms with Crippen LogP contribution in [0.15, 0.2) is 18.2 Å². The third-order valence-corrected chi connectivity index (χ3v) is 1.92. The zero-order valence-corrected chi connectivity index (χ0v) is 9.00. The maximum atomic E-state index is 11.2. The minimum absolute atomic E-state index is 0.0450. The van der Waals surface area contributed by atoms with E-state index in [0.717, 1.165) is 6.07 Å². The lowest BCUT2D eigenvalue weighted by Gasteiger charge is -2.06. The Hall–Kier alpha value is -2.28. The molecular weight excluding hydrogens is 228 g/mol. The topological polar surface area (TPSA) is 98.5 Å². The zero-order chi connectivity index (χ0) is 12.8. The van der Waals surface area contributed by atoms with Gasteiger partial charge in [0.1, 0.15) is 6.61 Å². The molecule has 0 aliphatic carbocycles. The van der Waals surface area contributed by atoms with Gasteiger partial charge in [-0.1, -0.05) is 0 Å². The number of non-ortho nitro benzene ring substituents is 1. The number of nitrogens with zero attached hydrogens (tertiary/aromatic N) is 1. The van der Waals surface area contributed by atoms with E-state index in [-0.39, 0.29) is 23.5 Å². The third kappa shape index (κ3) is 3.35. The van der Waals surface area contributed by atoms with Gasteiger partial charge in [0.2, 0.25) is 5.91 Å². The second-order valence-corrected chi connectivity index (χ2v) is 3.13. The third-order valence-electron chi connectivity index (χ3n) is 1.92. The first-order valence-corrected chi connectivity index (χ1v) is 4.61. The number of rotatable bonds is 5. The highest BCUT2D eigenvalue weighted by Gasteiger charge is 2.12. The van der Waals surface area contributed by atoms with Gasteiger partial charge in [0.25, 0.3) is 5.69 Å². The molecule has 1 amide bonds. The van der Waals surface area contributed by atoms with Crippen molar-refractivity contribution in [1.82, 2.24) is 0 Å². The lowest BCUT2D eigenvalue weighted by atomic mass is 10.1. The Balaban J connectivity index is 2.96. The molecule has 0 unspecified atom stereocenters. The fourth-order valence-electron chi connectivity index (χ4n) is 1.19. The number of benzene rings is 1. The van der Waals surface area contributed by atoms with Crippen molar-refractivity contribution in [3.63, 3.8) is 0 Å². The number of nitro groups is 1. The van der Waals surface area contributed by atoms with Crippen LogP contribution < -0.4 is 5.32 Å². The van der Waals surface area contributed by atoms with E-state index in [1.807, 2.05) is 0 Å². The normalized spacial score (nSPS) is 9.71. The summed E-state index contributed by atoms with van der Waals surface area (Å²) in [6.07, 6.45) is 0.440. The molecule has 0 aliphatic heterocycles. The minimum Gasteiger partial charge on any atom is -0.375 e. The van der Waals surface area contributed by atoms with Crippen LogP contribution in [-0.2, 0) is 9.53 Å². The summed E-state index contributed by atoms with van der Waals surface area (Å²) in [5.74, 6) is -0.440. The molecule has 0 aromatic heterocycles. The van der Waals surface area contributed by atoms with Crippen LogP contribution in [0.3, 0.4) is 0 Å². The first kappa shape index (κ1) is 12.8. The number of nitro benzene ring substituents is 1. The first-order chi connectivity index (χ1) is 8.08. The van der Waals surface area contributed by atoms with E-state index in [9.17, 15) is 19.7 Å². The molecule has 0 saturated heterocycles. The summed E-state index contributed by atoms with van der Waals surface area (Å²) in [5.41, 5.74) is 0.0492. The van der Waals surface area contributed by atoms with Crippen molar-refractivity contribution in [3.8, 4) is 0 Å². The summed E-state index contributed by atoms with van der Waals surface area (Å²) >= 11 is 0. The van der Waals surface area contributed by atoms with E-state index in [1.165, 1.54) is 19.2 Å². The van der Waals surface area contributed by atoms with Crippen LogP contribution >= 0.6 is 0 Å². The number of anilines is 1. The number of carbonyl (C=O) groups excluding carboxylic acids is 2. The molecule has 0 saturated carbocycles. The Labute approximate surface area is 96.5 Å². The number of amides is 1. The number of nitrogens with one attached hydrogen (secondary N) is 1. The highest BCUT2D eigenvalue weighted by Crippen LogP contribution is 2.20. The van der Waals surface area contributed by atoms with E-state index in [1.54, 1.807) is 0 Å². The maximum absolute atomic E-state index is 11.2. The van der Waals surface area contributed by atoms with Gasteiger partial charge >= 0.3 is 0 Å². The molecule has 17 heavy (non-hydrogen) atoms. The van der Waals surface area contributed by atoms with Gasteiger partial charge in [-0.15, -0.1) is 0 Å². The predicted octanol–water partition coefficient (Wildman–Crippen LogP) is 0.992. The summed E-state index contributed by atoms with van der Waals surface area (Å²) in [4.78, 5) is 31.8. The lowest BCUT2D eigenvalue weighted by Crippen LogP contribution is -2.18. The van der Waals surface area contributed by atoms with Crippen LogP contribution in [-0.4, -0.2) is 30.8 Å². The second-order valence-electron chi connectivity index (χ2n) is 3.13. The summed E-state index contributed by atoms with van der Waals surface area (Å²) < 4.78 is 4.60. The molecule has 0 heterocycles. The van der Waals surface area contributed by atoms with Gasteiger partial charge in [0.05, 0.1) is 10.6 Å². The molecule has 7 heteroatoms. The van der Waals surface area contributed by atoms with Gasteiger partial charge in [-0.05, 0) is 6.07 Å². The van der Waals surface area contributed by atoms with Gasteiger partial charge in [-0.25, -0.2) is 0 Å². The molecule has 0 aliphatic rings. The summed E-state index contributed by atoms with van der Waals surface area (Å²) in [6.45, 7) is -0.157. The highest BCUT2D eigenvalue weighted by atomic mass is 16.6. The van der Waals surface area contributed by atoms with Crippen molar-refractivity contribution in [2.75, 3.05) is 19.0 Å². The van der Waals surface area contributed by atoms with Crippen molar-refractivity contribution in [2.24, 2.45) is 0 Å². The van der Waals surface area contributed by atoms with E-state index >= 15 is 0 Å². The van der Waals surface area contributed by atoms with E-state index < -0.39 is 10.8 Å². The minimum atomic E-state index is -0.617. The summed E-state index contributed by atoms with van der Waals surface area (Å²) in [7, 11) is 1.36. The van der Waals surface area contributed by atoms with Crippen molar-refractivity contribution in [1.29, 1.82) is 0 Å². The molecule has 1 N–H and O–H groups in total. The maximum Gasteiger partial charge on any atom is 0.270 e. The smallest absolute Gasteiger partial charge is 0.270 e. The summed E-state index contributed by atoms with van der Waals surface area (Å²) in [5, 5.41) is 12.9. The Bertz CT molecular complexity index is 458. The average molecular weight is 238 g/mol. The first-order valence-electron chi connectivity index (χ1n) is 4.61. The quantitative estimate of drug-likeness (QED) is 0.468. The van der Waals surface area contributed by atoms with Gasteiger partial charge < -0.3 is 10.1 Å². The van der Waals surface area contributed by atoms with Crippen molar-refractivity contribution in [3.05, 3.63) is 33.9 Å². The molecule has 1 aromatic carbocycles. The van der Waals surface area contributed by atoms with Crippen LogP contribution in [0.1, 0.15) is 10.4 Å². The largest absolute Gasteiger partial charge is 0.375 e. The number of ether oxygens (including phenoxy) is 1. The van der Waals surface area contributed by atoms with Crippen LogP contribution in [0.25, 0.3) is 0 Å². The number of hydrogen-bond acceptors (Lipinski definition) is 5. The van der Waals surface area contributed by atoms with Crippen molar-refractivity contribution >= 4 is 23.6 Å². The standard InChI is InChI=1S/C10H10N2O5/c1-17-6-10(14)11-9-3-2-8(12(15)16)4-7(9)5-13/h2-5H,6H2,1H3,(H,11,14). The molecule has 0 atom stereocenters. The molecule has 1 rings (SSSR count). The number of aldehydes is 1. The van der Waals surface area contributed by atoms with Crippen molar-refractivity contribution < 1.29 is 19.2 Å². The molecule has 7 nitrogen and oxygen atoms in total. The molecule has 0 bridgehead atoms. The van der Waals surface area contributed by atoms with Crippen LogP contribution in [0.4, 0.5) is 11.4 Å². The monoisotopic (exact) mass is 238 g/mol. The fraction of sp³-hybridized carbons (Fsp3) is 0.200. The molecule has 0 radical (unpaired) electrons. The molecule has 0 spiro atoms. The SMILES string of the molecule is COCC(=O)Nc1ccc([N+](=O)[O-])cc1C=O. The highest BCUT2D eigenvalue weighted by molar-refractivity contribution is 5.97. The molecule has 90 valence electrons.